The van der Waals surface area contributed by atoms with Crippen LogP contribution in [0.5, 0.6) is 0 Å². The molecule has 0 spiro atoms. The largest absolute Gasteiger partial charge is 0.378 e. The maximum Gasteiger partial charge on any atom is 0.254 e. The highest BCUT2D eigenvalue weighted by atomic mass is 16.5. The summed E-state index contributed by atoms with van der Waals surface area (Å²) in [6.45, 7) is 2.62. The summed E-state index contributed by atoms with van der Waals surface area (Å²) in [5, 5.41) is 5.73. The maximum atomic E-state index is 12.6. The highest BCUT2D eigenvalue weighted by molar-refractivity contribution is 5.99. The van der Waals surface area contributed by atoms with Crippen molar-refractivity contribution in [3.05, 3.63) is 70.8 Å². The number of rotatable bonds is 5. The van der Waals surface area contributed by atoms with Crippen LogP contribution in [0.25, 0.3) is 0 Å². The highest BCUT2D eigenvalue weighted by Gasteiger charge is 2.29. The van der Waals surface area contributed by atoms with Gasteiger partial charge in [0.25, 0.3) is 11.8 Å². The van der Waals surface area contributed by atoms with Crippen molar-refractivity contribution < 1.29 is 19.1 Å². The van der Waals surface area contributed by atoms with Crippen molar-refractivity contribution in [1.82, 2.24) is 15.5 Å². The first-order valence-corrected chi connectivity index (χ1v) is 9.74. The van der Waals surface area contributed by atoms with Crippen LogP contribution in [0, 0.1) is 0 Å². The Kier molecular flexibility index (Phi) is 5.57. The number of nitrogens with zero attached hydrogens (tertiary/aromatic N) is 1. The first-order chi connectivity index (χ1) is 14.1. The van der Waals surface area contributed by atoms with Crippen LogP contribution in [0.1, 0.15) is 44.3 Å². The van der Waals surface area contributed by atoms with E-state index >= 15 is 0 Å². The Balaban J connectivity index is 1.34. The van der Waals surface area contributed by atoms with Crippen LogP contribution in [-0.4, -0.2) is 48.9 Å². The predicted molar refractivity (Wildman–Crippen MR) is 106 cm³/mol. The fourth-order valence-corrected chi connectivity index (χ4v) is 3.70. The molecule has 0 bridgehead atoms. The molecular formula is C22H23N3O4. The molecule has 2 aromatic rings. The SMILES string of the molecule is O=C(CC1NC(=O)c2ccccc21)NCc1cccc(C(=O)N2CCOCC2)c1. The first kappa shape index (κ1) is 19.1. The standard InChI is InChI=1S/C22H23N3O4/c26-20(13-19-17-6-1-2-7-18(17)21(27)24-19)23-14-15-4-3-5-16(12-15)22(28)25-8-10-29-11-9-25/h1-7,12,19H,8-11,13-14H2,(H,23,26)(H,24,27). The Labute approximate surface area is 169 Å². The minimum Gasteiger partial charge on any atom is -0.378 e. The second kappa shape index (κ2) is 8.45. The zero-order valence-electron chi connectivity index (χ0n) is 16.0. The molecule has 2 aliphatic rings. The van der Waals surface area contributed by atoms with E-state index in [0.717, 1.165) is 11.1 Å². The van der Waals surface area contributed by atoms with Crippen LogP contribution in [0.3, 0.4) is 0 Å². The smallest absolute Gasteiger partial charge is 0.254 e. The molecule has 1 atom stereocenters. The van der Waals surface area contributed by atoms with Gasteiger partial charge in [-0.25, -0.2) is 0 Å². The van der Waals surface area contributed by atoms with Crippen LogP contribution in [-0.2, 0) is 16.1 Å². The minimum atomic E-state index is -0.312. The average molecular weight is 393 g/mol. The van der Waals surface area contributed by atoms with Crippen molar-refractivity contribution in [3.8, 4) is 0 Å². The zero-order chi connectivity index (χ0) is 20.2. The molecule has 0 saturated carbocycles. The van der Waals surface area contributed by atoms with E-state index in [1.54, 1.807) is 17.0 Å². The minimum absolute atomic E-state index is 0.0215. The van der Waals surface area contributed by atoms with Gasteiger partial charge in [-0.05, 0) is 29.3 Å². The third kappa shape index (κ3) is 4.30. The van der Waals surface area contributed by atoms with Crippen molar-refractivity contribution in [2.45, 2.75) is 19.0 Å². The van der Waals surface area contributed by atoms with Gasteiger partial charge in [0, 0.05) is 30.8 Å². The van der Waals surface area contributed by atoms with Crippen molar-refractivity contribution in [1.29, 1.82) is 0 Å². The van der Waals surface area contributed by atoms with E-state index in [1.165, 1.54) is 0 Å². The van der Waals surface area contributed by atoms with Gasteiger partial charge >= 0.3 is 0 Å². The second-order valence-electron chi connectivity index (χ2n) is 7.20. The first-order valence-electron chi connectivity index (χ1n) is 9.74. The molecule has 1 fully saturated rings. The van der Waals surface area contributed by atoms with E-state index in [1.807, 2.05) is 36.4 Å². The van der Waals surface area contributed by atoms with E-state index < -0.39 is 0 Å². The number of morpholine rings is 1. The van der Waals surface area contributed by atoms with Gasteiger partial charge in [0.15, 0.2) is 0 Å². The predicted octanol–water partition coefficient (Wildman–Crippen LogP) is 1.65. The molecule has 1 unspecified atom stereocenters. The van der Waals surface area contributed by atoms with Crippen LogP contribution in [0.2, 0.25) is 0 Å². The van der Waals surface area contributed by atoms with E-state index in [9.17, 15) is 14.4 Å². The van der Waals surface area contributed by atoms with Crippen molar-refractivity contribution in [3.63, 3.8) is 0 Å². The summed E-state index contributed by atoms with van der Waals surface area (Å²) in [5.41, 5.74) is 2.94. The fraction of sp³-hybridized carbons (Fsp3) is 0.318. The third-order valence-corrected chi connectivity index (χ3v) is 5.24. The monoisotopic (exact) mass is 393 g/mol. The lowest BCUT2D eigenvalue weighted by molar-refractivity contribution is -0.121. The van der Waals surface area contributed by atoms with Gasteiger partial charge in [-0.2, -0.15) is 0 Å². The summed E-state index contributed by atoms with van der Waals surface area (Å²) in [6.07, 6.45) is 0.176. The highest BCUT2D eigenvalue weighted by Crippen LogP contribution is 2.27. The van der Waals surface area contributed by atoms with Crippen molar-refractivity contribution in [2.24, 2.45) is 0 Å². The van der Waals surface area contributed by atoms with Gasteiger partial charge in [0.05, 0.1) is 25.7 Å². The van der Waals surface area contributed by atoms with E-state index in [4.69, 9.17) is 4.74 Å². The van der Waals surface area contributed by atoms with Crippen molar-refractivity contribution >= 4 is 17.7 Å². The molecule has 4 rings (SSSR count). The molecule has 1 saturated heterocycles. The molecule has 0 aromatic heterocycles. The Morgan fingerprint density at radius 3 is 2.72 bits per heavy atom. The number of fused-ring (bicyclic) bond motifs is 1. The van der Waals surface area contributed by atoms with Gasteiger partial charge < -0.3 is 20.3 Å². The molecule has 2 heterocycles. The summed E-state index contributed by atoms with van der Waals surface area (Å²) in [4.78, 5) is 38.8. The molecule has 2 N–H and O–H groups in total. The summed E-state index contributed by atoms with van der Waals surface area (Å²) in [7, 11) is 0. The van der Waals surface area contributed by atoms with Gasteiger partial charge in [-0.15, -0.1) is 0 Å². The lowest BCUT2D eigenvalue weighted by atomic mass is 10.0. The van der Waals surface area contributed by atoms with Crippen LogP contribution in [0.4, 0.5) is 0 Å². The normalized spacial score (nSPS) is 18.1. The Morgan fingerprint density at radius 2 is 1.90 bits per heavy atom. The van der Waals surface area contributed by atoms with Gasteiger partial charge in [-0.3, -0.25) is 14.4 Å². The molecule has 2 aliphatic heterocycles. The molecule has 0 aliphatic carbocycles. The molecule has 29 heavy (non-hydrogen) atoms. The molecule has 3 amide bonds. The Morgan fingerprint density at radius 1 is 1.10 bits per heavy atom. The number of carbonyl (C=O) groups excluding carboxylic acids is 3. The maximum absolute atomic E-state index is 12.6. The molecule has 7 heteroatoms. The van der Waals surface area contributed by atoms with Gasteiger partial charge in [0.1, 0.15) is 0 Å². The van der Waals surface area contributed by atoms with E-state index in [-0.39, 0.29) is 30.2 Å². The molecular weight excluding hydrogens is 370 g/mol. The number of hydrogen-bond donors (Lipinski definition) is 2. The summed E-state index contributed by atoms with van der Waals surface area (Å²) >= 11 is 0. The van der Waals surface area contributed by atoms with E-state index in [0.29, 0.717) is 44.0 Å². The quantitative estimate of drug-likeness (QED) is 0.809. The zero-order valence-corrected chi connectivity index (χ0v) is 16.0. The Hall–Kier alpha value is -3.19. The Bertz CT molecular complexity index is 937. The van der Waals surface area contributed by atoms with E-state index in [2.05, 4.69) is 10.6 Å². The molecule has 0 radical (unpaired) electrons. The number of hydrogen-bond acceptors (Lipinski definition) is 4. The summed E-state index contributed by atoms with van der Waals surface area (Å²) in [6, 6.07) is 14.3. The van der Waals surface area contributed by atoms with Gasteiger partial charge in [-0.1, -0.05) is 30.3 Å². The fourth-order valence-electron chi connectivity index (χ4n) is 3.70. The number of ether oxygens (including phenoxy) is 1. The number of benzene rings is 2. The lowest BCUT2D eigenvalue weighted by Gasteiger charge is -2.27. The molecule has 7 nitrogen and oxygen atoms in total. The van der Waals surface area contributed by atoms with Crippen LogP contribution in [0.15, 0.2) is 48.5 Å². The van der Waals surface area contributed by atoms with Crippen LogP contribution < -0.4 is 10.6 Å². The van der Waals surface area contributed by atoms with Gasteiger partial charge in [0.2, 0.25) is 5.91 Å². The number of amides is 3. The number of nitrogens with one attached hydrogen (secondary N) is 2. The van der Waals surface area contributed by atoms with Crippen LogP contribution >= 0.6 is 0 Å². The topological polar surface area (TPSA) is 87.7 Å². The third-order valence-electron chi connectivity index (χ3n) is 5.24. The van der Waals surface area contributed by atoms with Crippen molar-refractivity contribution in [2.75, 3.05) is 26.3 Å². The summed E-state index contributed by atoms with van der Waals surface area (Å²) in [5.74, 6) is -0.323. The number of carbonyl (C=O) groups is 3. The average Bonchev–Trinajstić information content (AvgIpc) is 3.08. The molecule has 2 aromatic carbocycles. The summed E-state index contributed by atoms with van der Waals surface area (Å²) < 4.78 is 5.29. The second-order valence-corrected chi connectivity index (χ2v) is 7.20. The molecule has 150 valence electrons. The lowest BCUT2D eigenvalue weighted by Crippen LogP contribution is -2.40.